The summed E-state index contributed by atoms with van der Waals surface area (Å²) in [5.41, 5.74) is 1.30. The molecule has 1 aliphatic rings. The van der Waals surface area contributed by atoms with Crippen molar-refractivity contribution in [2.45, 2.75) is 56.7 Å². The van der Waals surface area contributed by atoms with Crippen LogP contribution in [0.2, 0.25) is 0 Å². The van der Waals surface area contributed by atoms with E-state index in [0.29, 0.717) is 36.7 Å². The van der Waals surface area contributed by atoms with Crippen LogP contribution in [-0.4, -0.2) is 55.6 Å². The quantitative estimate of drug-likeness (QED) is 0.524. The maximum atomic E-state index is 13.2. The number of imidazole rings is 1. The van der Waals surface area contributed by atoms with Crippen molar-refractivity contribution in [3.05, 3.63) is 41.7 Å². The van der Waals surface area contributed by atoms with Crippen molar-refractivity contribution in [3.63, 3.8) is 0 Å². The Morgan fingerprint density at radius 2 is 2.03 bits per heavy atom. The van der Waals surface area contributed by atoms with Crippen LogP contribution in [0, 0.1) is 5.92 Å². The first-order chi connectivity index (χ1) is 14.8. The van der Waals surface area contributed by atoms with Gasteiger partial charge in [-0.2, -0.15) is 0 Å². The lowest BCUT2D eigenvalue weighted by atomic mass is 10.2. The predicted molar refractivity (Wildman–Crippen MR) is 116 cm³/mol. The normalized spacial score (nSPS) is 14.1. The number of rotatable bonds is 11. The van der Waals surface area contributed by atoms with E-state index in [1.807, 2.05) is 13.8 Å². The number of ether oxygens (including phenoxy) is 2. The molecule has 1 aromatic carbocycles. The first-order valence-electron chi connectivity index (χ1n) is 10.5. The van der Waals surface area contributed by atoms with E-state index in [2.05, 4.69) is 4.98 Å². The molecule has 8 nitrogen and oxygen atoms in total. The van der Waals surface area contributed by atoms with Gasteiger partial charge in [-0.1, -0.05) is 12.1 Å². The summed E-state index contributed by atoms with van der Waals surface area (Å²) in [6.07, 6.45) is 3.40. The Labute approximate surface area is 184 Å². The van der Waals surface area contributed by atoms with Crippen LogP contribution in [0.25, 0.3) is 0 Å². The highest BCUT2D eigenvalue weighted by Gasteiger charge is 2.35. The molecule has 170 valence electrons. The minimum absolute atomic E-state index is 0.00931. The smallest absolute Gasteiger partial charge is 0.228 e. The summed E-state index contributed by atoms with van der Waals surface area (Å²) in [5.74, 6) is 0.620. The van der Waals surface area contributed by atoms with Gasteiger partial charge in [-0.3, -0.25) is 4.79 Å². The molecule has 0 radical (unpaired) electrons. The molecule has 1 aromatic heterocycles. The number of amides is 1. The number of benzene rings is 1. The second-order valence-electron chi connectivity index (χ2n) is 8.12. The minimum atomic E-state index is -3.72. The van der Waals surface area contributed by atoms with E-state index < -0.39 is 9.84 Å². The van der Waals surface area contributed by atoms with Crippen molar-refractivity contribution in [3.8, 4) is 5.75 Å². The molecule has 1 amide bonds. The van der Waals surface area contributed by atoms with Gasteiger partial charge >= 0.3 is 0 Å². The highest BCUT2D eigenvalue weighted by molar-refractivity contribution is 7.90. The van der Waals surface area contributed by atoms with Gasteiger partial charge in [-0.25, -0.2) is 13.4 Å². The average molecular weight is 450 g/mol. The SMILES string of the molecule is COCCn1c(CN(C(=O)C2CC2)C(C)C)cnc1S(=O)(=O)Cc1cccc(OC)c1. The van der Waals surface area contributed by atoms with Gasteiger partial charge in [0.25, 0.3) is 0 Å². The van der Waals surface area contributed by atoms with Crippen LogP contribution in [0.3, 0.4) is 0 Å². The van der Waals surface area contributed by atoms with Crippen LogP contribution in [0.15, 0.2) is 35.6 Å². The molecule has 9 heteroatoms. The molecule has 0 aliphatic heterocycles. The van der Waals surface area contributed by atoms with E-state index >= 15 is 0 Å². The molecule has 1 heterocycles. The zero-order valence-corrected chi connectivity index (χ0v) is 19.4. The highest BCUT2D eigenvalue weighted by Crippen LogP contribution is 2.32. The summed E-state index contributed by atoms with van der Waals surface area (Å²) >= 11 is 0. The zero-order chi connectivity index (χ0) is 22.6. The Morgan fingerprint density at radius 1 is 1.29 bits per heavy atom. The Kier molecular flexibility index (Phi) is 7.38. The second-order valence-corrected chi connectivity index (χ2v) is 10.0. The zero-order valence-electron chi connectivity index (χ0n) is 18.6. The van der Waals surface area contributed by atoms with E-state index in [9.17, 15) is 13.2 Å². The fourth-order valence-electron chi connectivity index (χ4n) is 3.49. The topological polar surface area (TPSA) is 90.7 Å². The number of carbonyl (C=O) groups excluding carboxylic acids is 1. The Bertz CT molecular complexity index is 1010. The molecule has 31 heavy (non-hydrogen) atoms. The minimum Gasteiger partial charge on any atom is -0.497 e. The van der Waals surface area contributed by atoms with Crippen molar-refractivity contribution in [1.29, 1.82) is 0 Å². The van der Waals surface area contributed by atoms with E-state index in [-0.39, 0.29) is 28.8 Å². The number of carbonyl (C=O) groups is 1. The molecule has 0 saturated heterocycles. The summed E-state index contributed by atoms with van der Waals surface area (Å²) in [6, 6.07) is 6.99. The van der Waals surface area contributed by atoms with Gasteiger partial charge in [0.05, 0.1) is 37.9 Å². The van der Waals surface area contributed by atoms with Crippen molar-refractivity contribution in [1.82, 2.24) is 14.5 Å². The van der Waals surface area contributed by atoms with E-state index in [4.69, 9.17) is 9.47 Å². The van der Waals surface area contributed by atoms with Crippen LogP contribution >= 0.6 is 0 Å². The molecule has 1 saturated carbocycles. The Balaban J connectivity index is 1.90. The van der Waals surface area contributed by atoms with Gasteiger partial charge in [0, 0.05) is 25.6 Å². The third kappa shape index (κ3) is 5.65. The summed E-state index contributed by atoms with van der Waals surface area (Å²) in [4.78, 5) is 18.8. The van der Waals surface area contributed by atoms with Gasteiger partial charge in [0.15, 0.2) is 0 Å². The van der Waals surface area contributed by atoms with Crippen LogP contribution in [0.1, 0.15) is 37.9 Å². The lowest BCUT2D eigenvalue weighted by molar-refractivity contribution is -0.135. The fraction of sp³-hybridized carbons (Fsp3) is 0.545. The Morgan fingerprint density at radius 3 is 2.65 bits per heavy atom. The number of aromatic nitrogens is 2. The molecule has 0 spiro atoms. The molecule has 0 atom stereocenters. The average Bonchev–Trinajstić information content (AvgIpc) is 3.50. The number of methoxy groups -OCH3 is 2. The molecule has 0 bridgehead atoms. The molecule has 1 aliphatic carbocycles. The summed E-state index contributed by atoms with van der Waals surface area (Å²) < 4.78 is 38.5. The van der Waals surface area contributed by atoms with Crippen molar-refractivity contribution in [2.24, 2.45) is 5.92 Å². The monoisotopic (exact) mass is 449 g/mol. The molecule has 1 fully saturated rings. The summed E-state index contributed by atoms with van der Waals surface area (Å²) in [5, 5.41) is -0.00931. The van der Waals surface area contributed by atoms with Crippen molar-refractivity contribution in [2.75, 3.05) is 20.8 Å². The van der Waals surface area contributed by atoms with Gasteiger partial charge in [-0.15, -0.1) is 0 Å². The predicted octanol–water partition coefficient (Wildman–Crippen LogP) is 2.66. The van der Waals surface area contributed by atoms with Crippen molar-refractivity contribution < 1.29 is 22.7 Å². The van der Waals surface area contributed by atoms with Crippen LogP contribution in [0.5, 0.6) is 5.75 Å². The number of sulfone groups is 1. The van der Waals surface area contributed by atoms with Gasteiger partial charge in [0.1, 0.15) is 5.75 Å². The number of hydrogen-bond donors (Lipinski definition) is 0. The maximum absolute atomic E-state index is 13.2. The van der Waals surface area contributed by atoms with Crippen LogP contribution < -0.4 is 4.74 Å². The third-order valence-electron chi connectivity index (χ3n) is 5.35. The number of nitrogens with zero attached hydrogens (tertiary/aromatic N) is 3. The maximum Gasteiger partial charge on any atom is 0.228 e. The lowest BCUT2D eigenvalue weighted by Crippen LogP contribution is -2.38. The standard InChI is InChI=1S/C22H31N3O5S/c1-16(2)25(21(26)18-8-9-18)14-19-13-23-22(24(19)10-11-29-3)31(27,28)15-17-6-5-7-20(12-17)30-4/h5-7,12-13,16,18H,8-11,14-15H2,1-4H3. The summed E-state index contributed by atoms with van der Waals surface area (Å²) in [7, 11) is -0.612. The largest absolute Gasteiger partial charge is 0.497 e. The van der Waals surface area contributed by atoms with Gasteiger partial charge < -0.3 is 18.9 Å². The van der Waals surface area contributed by atoms with Crippen LogP contribution in [0.4, 0.5) is 0 Å². The first kappa shape index (κ1) is 23.3. The van der Waals surface area contributed by atoms with E-state index in [1.165, 1.54) is 0 Å². The third-order valence-corrected chi connectivity index (χ3v) is 6.95. The molecule has 0 unspecified atom stereocenters. The van der Waals surface area contributed by atoms with E-state index in [1.54, 1.807) is 54.1 Å². The first-order valence-corrected chi connectivity index (χ1v) is 12.1. The fourth-order valence-corrected chi connectivity index (χ4v) is 4.99. The van der Waals surface area contributed by atoms with Crippen molar-refractivity contribution >= 4 is 15.7 Å². The molecule has 3 rings (SSSR count). The second kappa shape index (κ2) is 9.82. The Hall–Kier alpha value is -2.39. The molecule has 2 aromatic rings. The van der Waals surface area contributed by atoms with Gasteiger partial charge in [-0.05, 0) is 44.4 Å². The highest BCUT2D eigenvalue weighted by atomic mass is 32.2. The summed E-state index contributed by atoms with van der Waals surface area (Å²) in [6.45, 7) is 4.93. The molecular formula is C22H31N3O5S. The number of hydrogen-bond acceptors (Lipinski definition) is 6. The van der Waals surface area contributed by atoms with Gasteiger partial charge in [0.2, 0.25) is 20.9 Å². The molecule has 0 N–H and O–H groups in total. The van der Waals surface area contributed by atoms with Crippen LogP contribution in [-0.2, 0) is 38.2 Å². The van der Waals surface area contributed by atoms with E-state index in [0.717, 1.165) is 12.8 Å². The lowest BCUT2D eigenvalue weighted by Gasteiger charge is -2.27. The molecular weight excluding hydrogens is 418 g/mol.